The van der Waals surface area contributed by atoms with E-state index in [2.05, 4.69) is 20.9 Å². The van der Waals surface area contributed by atoms with Crippen LogP contribution in [0, 0.1) is 0 Å². The van der Waals surface area contributed by atoms with Crippen molar-refractivity contribution in [2.75, 3.05) is 0 Å². The third kappa shape index (κ3) is 1.83. The Balaban J connectivity index is 2.17. The topological polar surface area (TPSA) is 58.3 Å². The number of rotatable bonds is 1. The molecular weight excluding hydrogens is 296 g/mol. The van der Waals surface area contributed by atoms with Crippen molar-refractivity contribution in [2.24, 2.45) is 0 Å². The van der Waals surface area contributed by atoms with Gasteiger partial charge in [-0.3, -0.25) is 0 Å². The van der Waals surface area contributed by atoms with Crippen LogP contribution in [0.25, 0.3) is 11.4 Å². The Bertz CT molecular complexity index is 595. The third-order valence-electron chi connectivity index (χ3n) is 3.28. The van der Waals surface area contributed by atoms with E-state index in [-0.39, 0.29) is 11.9 Å². The molecule has 0 saturated carbocycles. The Hall–Kier alpha value is -1.33. The van der Waals surface area contributed by atoms with Gasteiger partial charge in [0.1, 0.15) is 16.2 Å². The molecule has 2 N–H and O–H groups in total. The zero-order valence-electron chi connectivity index (χ0n) is 9.67. The first kappa shape index (κ1) is 11.7. The van der Waals surface area contributed by atoms with Crippen LogP contribution in [-0.2, 0) is 13.0 Å². The highest BCUT2D eigenvalue weighted by Gasteiger charge is 2.24. The van der Waals surface area contributed by atoms with E-state index in [1.54, 1.807) is 12.1 Å². The van der Waals surface area contributed by atoms with Crippen molar-refractivity contribution in [3.05, 3.63) is 34.6 Å². The fourth-order valence-corrected chi connectivity index (χ4v) is 2.95. The molecule has 2 aromatic rings. The normalized spacial score (nSPS) is 18.7. The average Bonchev–Trinajstić information content (AvgIpc) is 2.67. The lowest BCUT2D eigenvalue weighted by Crippen LogP contribution is -2.24. The van der Waals surface area contributed by atoms with Gasteiger partial charge >= 0.3 is 0 Å². The fourth-order valence-electron chi connectivity index (χ4n) is 2.37. The Morgan fingerprint density at radius 3 is 2.89 bits per heavy atom. The van der Waals surface area contributed by atoms with E-state index in [4.69, 9.17) is 0 Å². The molecule has 0 saturated heterocycles. The van der Waals surface area contributed by atoms with Gasteiger partial charge in [-0.25, -0.2) is 4.98 Å². The molecule has 0 bridgehead atoms. The average molecular weight is 309 g/mol. The minimum absolute atomic E-state index is 0.206. The summed E-state index contributed by atoms with van der Waals surface area (Å²) in [6, 6.07) is 7.12. The number of aromatic nitrogens is 2. The van der Waals surface area contributed by atoms with Gasteiger partial charge in [0.05, 0.1) is 23.9 Å². The van der Waals surface area contributed by atoms with Gasteiger partial charge in [0, 0.05) is 0 Å². The number of benzene rings is 1. The van der Waals surface area contributed by atoms with Crippen LogP contribution in [0.1, 0.15) is 12.1 Å². The van der Waals surface area contributed by atoms with Crippen LogP contribution in [0.3, 0.4) is 0 Å². The smallest absolute Gasteiger partial charge is 0.145 e. The molecule has 0 radical (unpaired) electrons. The third-order valence-corrected chi connectivity index (χ3v) is 3.91. The van der Waals surface area contributed by atoms with Gasteiger partial charge < -0.3 is 14.8 Å². The number of nitrogens with zero attached hydrogens (tertiary/aromatic N) is 2. The minimum Gasteiger partial charge on any atom is -0.507 e. The fraction of sp³-hybridized carbons (Fsp3) is 0.308. The van der Waals surface area contributed by atoms with Crippen molar-refractivity contribution in [3.8, 4) is 17.1 Å². The van der Waals surface area contributed by atoms with Crippen LogP contribution in [0.2, 0.25) is 0 Å². The molecule has 94 valence electrons. The first-order valence-corrected chi connectivity index (χ1v) is 6.67. The number of halogens is 1. The molecule has 1 aromatic carbocycles. The highest BCUT2D eigenvalue weighted by molar-refractivity contribution is 9.10. The molecule has 5 heteroatoms. The van der Waals surface area contributed by atoms with Crippen molar-refractivity contribution in [1.82, 2.24) is 9.55 Å². The van der Waals surface area contributed by atoms with E-state index in [1.165, 1.54) is 0 Å². The lowest BCUT2D eigenvalue weighted by atomic mass is 10.1. The standard InChI is InChI=1S/C13H13BrN2O2/c14-12-10-6-5-8(17)7-16(10)13(15-12)9-3-1-2-4-11(9)18/h1-4,8,17-18H,5-7H2. The van der Waals surface area contributed by atoms with Crippen LogP contribution in [0.15, 0.2) is 28.9 Å². The zero-order valence-corrected chi connectivity index (χ0v) is 11.3. The predicted octanol–water partition coefficient (Wildman–Crippen LogP) is 2.33. The first-order valence-electron chi connectivity index (χ1n) is 5.88. The second kappa shape index (κ2) is 4.40. The van der Waals surface area contributed by atoms with E-state index < -0.39 is 0 Å². The second-order valence-corrected chi connectivity index (χ2v) is 5.24. The number of aliphatic hydroxyl groups excluding tert-OH is 1. The summed E-state index contributed by atoms with van der Waals surface area (Å²) in [5.74, 6) is 0.909. The molecule has 1 aliphatic heterocycles. The molecule has 18 heavy (non-hydrogen) atoms. The SMILES string of the molecule is Oc1ccccc1-c1nc(Br)c2n1CC(O)CC2. The Kier molecular flexibility index (Phi) is 2.87. The lowest BCUT2D eigenvalue weighted by molar-refractivity contribution is 0.132. The summed E-state index contributed by atoms with van der Waals surface area (Å²) in [6.45, 7) is 0.525. The van der Waals surface area contributed by atoms with E-state index in [0.29, 0.717) is 17.9 Å². The number of aromatic hydroxyl groups is 1. The zero-order chi connectivity index (χ0) is 12.7. The van der Waals surface area contributed by atoms with Crippen LogP contribution >= 0.6 is 15.9 Å². The van der Waals surface area contributed by atoms with E-state index in [1.807, 2.05) is 16.7 Å². The predicted molar refractivity (Wildman–Crippen MR) is 71.4 cm³/mol. The number of para-hydroxylation sites is 1. The molecule has 1 aromatic heterocycles. The Morgan fingerprint density at radius 1 is 1.33 bits per heavy atom. The molecule has 1 unspecified atom stereocenters. The number of fused-ring (bicyclic) bond motifs is 1. The largest absolute Gasteiger partial charge is 0.507 e. The number of imidazole rings is 1. The number of phenols is 1. The van der Waals surface area contributed by atoms with Crippen LogP contribution in [0.5, 0.6) is 5.75 Å². The molecule has 4 nitrogen and oxygen atoms in total. The van der Waals surface area contributed by atoms with Gasteiger partial charge in [0.25, 0.3) is 0 Å². The molecular formula is C13H13BrN2O2. The summed E-state index contributed by atoms with van der Waals surface area (Å²) < 4.78 is 2.78. The van der Waals surface area contributed by atoms with Gasteiger partial charge in [0.15, 0.2) is 0 Å². The number of hydrogen-bond donors (Lipinski definition) is 2. The Labute approximate surface area is 113 Å². The molecule has 2 heterocycles. The molecule has 1 aliphatic rings. The maximum Gasteiger partial charge on any atom is 0.145 e. The van der Waals surface area contributed by atoms with Crippen LogP contribution in [-0.4, -0.2) is 25.9 Å². The van der Waals surface area contributed by atoms with Gasteiger partial charge in [-0.05, 0) is 40.9 Å². The maximum absolute atomic E-state index is 9.91. The van der Waals surface area contributed by atoms with Crippen molar-refractivity contribution in [2.45, 2.75) is 25.5 Å². The van der Waals surface area contributed by atoms with Crippen LogP contribution < -0.4 is 0 Å². The number of phenolic OH excluding ortho intramolecular Hbond substituents is 1. The van der Waals surface area contributed by atoms with Crippen molar-refractivity contribution >= 4 is 15.9 Å². The van der Waals surface area contributed by atoms with Crippen molar-refractivity contribution in [1.29, 1.82) is 0 Å². The van der Waals surface area contributed by atoms with Gasteiger partial charge in [0.2, 0.25) is 0 Å². The first-order chi connectivity index (χ1) is 8.66. The molecule has 0 amide bonds. The summed E-state index contributed by atoms with van der Waals surface area (Å²) >= 11 is 3.45. The minimum atomic E-state index is -0.344. The highest BCUT2D eigenvalue weighted by Crippen LogP contribution is 2.34. The monoisotopic (exact) mass is 308 g/mol. The van der Waals surface area contributed by atoms with Crippen molar-refractivity contribution < 1.29 is 10.2 Å². The Morgan fingerprint density at radius 2 is 2.11 bits per heavy atom. The molecule has 1 atom stereocenters. The summed E-state index contributed by atoms with van der Waals surface area (Å²) in [5.41, 5.74) is 1.78. The van der Waals surface area contributed by atoms with Gasteiger partial charge in [-0.15, -0.1) is 0 Å². The highest BCUT2D eigenvalue weighted by atomic mass is 79.9. The summed E-state index contributed by atoms with van der Waals surface area (Å²) in [6.07, 6.45) is 1.20. The summed E-state index contributed by atoms with van der Waals surface area (Å²) in [5, 5.41) is 19.7. The lowest BCUT2D eigenvalue weighted by Gasteiger charge is -2.21. The van der Waals surface area contributed by atoms with E-state index in [0.717, 1.165) is 23.1 Å². The van der Waals surface area contributed by atoms with Crippen molar-refractivity contribution in [3.63, 3.8) is 0 Å². The molecule has 0 fully saturated rings. The molecule has 3 rings (SSSR count). The quantitative estimate of drug-likeness (QED) is 0.850. The number of hydrogen-bond acceptors (Lipinski definition) is 3. The summed E-state index contributed by atoms with van der Waals surface area (Å²) in [4.78, 5) is 4.47. The van der Waals surface area contributed by atoms with Crippen LogP contribution in [0.4, 0.5) is 0 Å². The van der Waals surface area contributed by atoms with Gasteiger partial charge in [-0.2, -0.15) is 0 Å². The van der Waals surface area contributed by atoms with E-state index >= 15 is 0 Å². The van der Waals surface area contributed by atoms with E-state index in [9.17, 15) is 10.2 Å². The number of aliphatic hydroxyl groups is 1. The van der Waals surface area contributed by atoms with Gasteiger partial charge in [-0.1, -0.05) is 12.1 Å². The maximum atomic E-state index is 9.91. The molecule has 0 spiro atoms. The second-order valence-electron chi connectivity index (χ2n) is 4.49. The molecule has 0 aliphatic carbocycles. The summed E-state index contributed by atoms with van der Waals surface area (Å²) in [7, 11) is 0.